The average Bonchev–Trinajstić information content (AvgIpc) is 3.43. The quantitative estimate of drug-likeness (QED) is 0.440. The highest BCUT2D eigenvalue weighted by Crippen LogP contribution is 2.44. The van der Waals surface area contributed by atoms with Crippen LogP contribution in [0.3, 0.4) is 0 Å². The van der Waals surface area contributed by atoms with Gasteiger partial charge in [0.25, 0.3) is 0 Å². The molecule has 1 fully saturated rings. The van der Waals surface area contributed by atoms with E-state index in [0.29, 0.717) is 10.0 Å². The van der Waals surface area contributed by atoms with Crippen molar-refractivity contribution in [1.82, 2.24) is 4.90 Å². The first-order valence-corrected chi connectivity index (χ1v) is 12.1. The summed E-state index contributed by atoms with van der Waals surface area (Å²) in [5.41, 5.74) is 5.26. The third-order valence-corrected chi connectivity index (χ3v) is 7.33. The first-order chi connectivity index (χ1) is 16.9. The summed E-state index contributed by atoms with van der Waals surface area (Å²) in [6, 6.07) is 20.3. The number of carbonyl (C=O) groups is 2. The van der Waals surface area contributed by atoms with Crippen molar-refractivity contribution in [3.05, 3.63) is 93.5 Å². The molecule has 5 rings (SSSR count). The maximum Gasteiger partial charge on any atom is 0.410 e. The Morgan fingerprint density at radius 2 is 1.60 bits per heavy atom. The van der Waals surface area contributed by atoms with Crippen molar-refractivity contribution in [3.8, 4) is 11.1 Å². The molecule has 0 saturated carbocycles. The van der Waals surface area contributed by atoms with E-state index in [-0.39, 0.29) is 32.1 Å². The van der Waals surface area contributed by atoms with E-state index in [1.807, 2.05) is 36.4 Å². The van der Waals surface area contributed by atoms with Gasteiger partial charge in [0.2, 0.25) is 0 Å². The molecule has 2 atom stereocenters. The first kappa shape index (κ1) is 23.7. The smallest absolute Gasteiger partial charge is 0.410 e. The monoisotopic (exact) mass is 511 g/mol. The summed E-state index contributed by atoms with van der Waals surface area (Å²) in [7, 11) is 0. The SMILES string of the molecule is O=C(O)[C@@H]1C[C@@H](OCc2ccc(Cl)c(Cl)c2)CN1C(=O)OCC1c2ccccc2-c2ccccc21. The lowest BCUT2D eigenvalue weighted by Crippen LogP contribution is -2.41. The molecule has 1 N–H and O–H groups in total. The number of halogens is 2. The van der Waals surface area contributed by atoms with Crippen LogP contribution in [0.15, 0.2) is 66.7 Å². The number of carboxylic acids is 1. The van der Waals surface area contributed by atoms with Crippen LogP contribution in [-0.4, -0.2) is 47.4 Å². The van der Waals surface area contributed by atoms with Gasteiger partial charge in [-0.3, -0.25) is 4.90 Å². The van der Waals surface area contributed by atoms with Crippen molar-refractivity contribution in [2.24, 2.45) is 0 Å². The summed E-state index contributed by atoms with van der Waals surface area (Å²) < 4.78 is 11.6. The number of carbonyl (C=O) groups excluding carboxylic acids is 1. The predicted molar refractivity (Wildman–Crippen MR) is 133 cm³/mol. The topological polar surface area (TPSA) is 76.1 Å². The van der Waals surface area contributed by atoms with Crippen molar-refractivity contribution in [3.63, 3.8) is 0 Å². The van der Waals surface area contributed by atoms with Gasteiger partial charge in [-0.15, -0.1) is 0 Å². The highest BCUT2D eigenvalue weighted by atomic mass is 35.5. The fourth-order valence-electron chi connectivity index (χ4n) is 4.87. The van der Waals surface area contributed by atoms with Gasteiger partial charge in [0.15, 0.2) is 0 Å². The number of rotatable bonds is 6. The molecule has 0 spiro atoms. The second-order valence-electron chi connectivity index (χ2n) is 8.73. The Morgan fingerprint density at radius 3 is 2.23 bits per heavy atom. The molecular weight excluding hydrogens is 489 g/mol. The standard InChI is InChI=1S/C27H23Cl2NO5/c28-23-10-9-16(11-24(23)29)14-34-17-12-25(26(31)32)30(13-17)27(33)35-15-22-20-7-3-1-5-18(20)19-6-2-4-8-21(19)22/h1-11,17,22,25H,12-15H2,(H,31,32)/t17-,25+/m1/s1. The van der Waals surface area contributed by atoms with E-state index in [0.717, 1.165) is 27.8 Å². The van der Waals surface area contributed by atoms with Gasteiger partial charge in [0.05, 0.1) is 29.3 Å². The van der Waals surface area contributed by atoms with E-state index in [1.54, 1.807) is 18.2 Å². The highest BCUT2D eigenvalue weighted by Gasteiger charge is 2.41. The number of likely N-dealkylation sites (tertiary alicyclic amines) is 1. The van der Waals surface area contributed by atoms with Gasteiger partial charge in [0, 0.05) is 12.3 Å². The molecule has 1 heterocycles. The molecule has 1 aliphatic heterocycles. The van der Waals surface area contributed by atoms with E-state index in [9.17, 15) is 14.7 Å². The molecule has 1 saturated heterocycles. The Morgan fingerprint density at radius 1 is 0.943 bits per heavy atom. The molecule has 8 heteroatoms. The molecular formula is C27H23Cl2NO5. The predicted octanol–water partition coefficient (Wildman–Crippen LogP) is 5.99. The van der Waals surface area contributed by atoms with Gasteiger partial charge in [0.1, 0.15) is 12.6 Å². The van der Waals surface area contributed by atoms with E-state index in [4.69, 9.17) is 32.7 Å². The molecule has 1 aliphatic carbocycles. The number of amides is 1. The third-order valence-electron chi connectivity index (χ3n) is 6.59. The number of nitrogens with zero attached hydrogens (tertiary/aromatic N) is 1. The maximum absolute atomic E-state index is 13.0. The van der Waals surface area contributed by atoms with Crippen LogP contribution in [0.5, 0.6) is 0 Å². The minimum atomic E-state index is -1.08. The van der Waals surface area contributed by atoms with E-state index in [2.05, 4.69) is 12.1 Å². The van der Waals surface area contributed by atoms with Gasteiger partial charge in [-0.05, 0) is 39.9 Å². The molecule has 35 heavy (non-hydrogen) atoms. The van der Waals surface area contributed by atoms with E-state index in [1.165, 1.54) is 4.90 Å². The number of hydrogen-bond acceptors (Lipinski definition) is 4. The fraction of sp³-hybridized carbons (Fsp3) is 0.259. The van der Waals surface area contributed by atoms with Gasteiger partial charge in [-0.2, -0.15) is 0 Å². The van der Waals surface area contributed by atoms with Crippen molar-refractivity contribution >= 4 is 35.3 Å². The molecule has 0 bridgehead atoms. The number of carboxylic acid groups (broad SMARTS) is 1. The number of fused-ring (bicyclic) bond motifs is 3. The number of aliphatic carboxylic acids is 1. The maximum atomic E-state index is 13.0. The molecule has 3 aromatic rings. The van der Waals surface area contributed by atoms with Gasteiger partial charge >= 0.3 is 12.1 Å². The minimum Gasteiger partial charge on any atom is -0.480 e. The highest BCUT2D eigenvalue weighted by molar-refractivity contribution is 6.42. The molecule has 1 amide bonds. The minimum absolute atomic E-state index is 0.0982. The second kappa shape index (κ2) is 9.90. The lowest BCUT2D eigenvalue weighted by molar-refractivity contribution is -0.141. The molecule has 6 nitrogen and oxygen atoms in total. The van der Waals surface area contributed by atoms with Crippen LogP contribution in [0.1, 0.15) is 29.0 Å². The Hall–Kier alpha value is -3.06. The summed E-state index contributed by atoms with van der Waals surface area (Å²) >= 11 is 12.0. The van der Waals surface area contributed by atoms with Crippen LogP contribution >= 0.6 is 23.2 Å². The summed E-state index contributed by atoms with van der Waals surface area (Å²) in [5, 5.41) is 10.6. The van der Waals surface area contributed by atoms with Crippen LogP contribution in [0.25, 0.3) is 11.1 Å². The summed E-state index contributed by atoms with van der Waals surface area (Å²) in [6.45, 7) is 0.492. The van der Waals surface area contributed by atoms with Crippen molar-refractivity contribution in [2.45, 2.75) is 31.1 Å². The zero-order valence-electron chi connectivity index (χ0n) is 18.7. The van der Waals surface area contributed by atoms with Crippen molar-refractivity contribution < 1.29 is 24.2 Å². The summed E-state index contributed by atoms with van der Waals surface area (Å²) in [5.74, 6) is -1.18. The van der Waals surface area contributed by atoms with Crippen LogP contribution < -0.4 is 0 Å². The number of benzene rings is 3. The van der Waals surface area contributed by atoms with E-state index < -0.39 is 24.2 Å². The largest absolute Gasteiger partial charge is 0.480 e. The second-order valence-corrected chi connectivity index (χ2v) is 9.54. The Kier molecular flexibility index (Phi) is 6.69. The van der Waals surface area contributed by atoms with Crippen LogP contribution in [0.2, 0.25) is 10.0 Å². The number of hydrogen-bond donors (Lipinski definition) is 1. The van der Waals surface area contributed by atoms with E-state index >= 15 is 0 Å². The van der Waals surface area contributed by atoms with Crippen LogP contribution in [-0.2, 0) is 20.9 Å². The Labute approximate surface area is 213 Å². The molecule has 0 radical (unpaired) electrons. The molecule has 0 aromatic heterocycles. The Bertz CT molecular complexity index is 1230. The molecule has 180 valence electrons. The zero-order valence-corrected chi connectivity index (χ0v) is 20.2. The van der Waals surface area contributed by atoms with Gasteiger partial charge in [-0.25, -0.2) is 9.59 Å². The Balaban J connectivity index is 1.25. The van der Waals surface area contributed by atoms with Crippen molar-refractivity contribution in [1.29, 1.82) is 0 Å². The average molecular weight is 512 g/mol. The van der Waals surface area contributed by atoms with Crippen molar-refractivity contribution in [2.75, 3.05) is 13.2 Å². The van der Waals surface area contributed by atoms with Crippen LogP contribution in [0, 0.1) is 0 Å². The third kappa shape index (κ3) is 4.74. The molecule has 2 aliphatic rings. The zero-order chi connectivity index (χ0) is 24.5. The van der Waals surface area contributed by atoms with Gasteiger partial charge < -0.3 is 14.6 Å². The van der Waals surface area contributed by atoms with Gasteiger partial charge in [-0.1, -0.05) is 77.8 Å². The summed E-state index contributed by atoms with van der Waals surface area (Å²) in [4.78, 5) is 26.1. The normalized spacial score (nSPS) is 18.9. The molecule has 0 unspecified atom stereocenters. The van der Waals surface area contributed by atoms with Crippen LogP contribution in [0.4, 0.5) is 4.79 Å². The number of ether oxygens (including phenoxy) is 2. The lowest BCUT2D eigenvalue weighted by atomic mass is 9.98. The molecule has 3 aromatic carbocycles. The first-order valence-electron chi connectivity index (χ1n) is 11.3. The summed E-state index contributed by atoms with van der Waals surface area (Å²) in [6.07, 6.45) is -0.910. The fourth-order valence-corrected chi connectivity index (χ4v) is 5.20. The lowest BCUT2D eigenvalue weighted by Gasteiger charge is -2.22.